The summed E-state index contributed by atoms with van der Waals surface area (Å²) in [7, 11) is 0. The number of anilines is 2. The monoisotopic (exact) mass is 469 g/mol. The fraction of sp³-hybridized carbons (Fsp3) is 0.222. The van der Waals surface area contributed by atoms with Gasteiger partial charge in [0.25, 0.3) is 0 Å². The topological polar surface area (TPSA) is 72.0 Å². The summed E-state index contributed by atoms with van der Waals surface area (Å²) in [5.74, 6) is 9.00. The van der Waals surface area contributed by atoms with Gasteiger partial charge in [-0.25, -0.2) is 9.97 Å². The van der Waals surface area contributed by atoms with Crippen molar-refractivity contribution in [3.8, 4) is 23.3 Å². The van der Waals surface area contributed by atoms with Crippen molar-refractivity contribution in [1.29, 1.82) is 0 Å². The molecule has 3 heterocycles. The van der Waals surface area contributed by atoms with Crippen molar-refractivity contribution in [3.05, 3.63) is 77.3 Å². The van der Waals surface area contributed by atoms with Crippen LogP contribution in [0.5, 0.6) is 11.5 Å². The number of halogens is 1. The number of aryl methyl sites for hydroxylation is 1. The van der Waals surface area contributed by atoms with Crippen molar-refractivity contribution in [1.82, 2.24) is 20.3 Å². The molecule has 0 amide bonds. The molecule has 0 spiro atoms. The third kappa shape index (κ3) is 5.28. The van der Waals surface area contributed by atoms with E-state index in [1.165, 1.54) is 6.42 Å². The number of nitrogens with zero attached hydrogens (tertiary/aromatic N) is 3. The lowest BCUT2D eigenvalue weighted by molar-refractivity contribution is 0.449. The smallest absolute Gasteiger partial charge is 0.146 e. The molecule has 1 fully saturated rings. The Labute approximate surface area is 203 Å². The highest BCUT2D eigenvalue weighted by atomic mass is 35.5. The molecule has 2 N–H and O–H groups in total. The Balaban J connectivity index is 1.37. The van der Waals surface area contributed by atoms with E-state index >= 15 is 0 Å². The predicted octanol–water partition coefficient (Wildman–Crippen LogP) is 5.87. The Morgan fingerprint density at radius 2 is 2.03 bits per heavy atom. The molecular formula is C27H24ClN5O. The second-order valence-electron chi connectivity index (χ2n) is 8.27. The van der Waals surface area contributed by atoms with E-state index in [1.54, 1.807) is 12.5 Å². The SMILES string of the molecule is Cc1ccc(Oc2ccc(Nc3ncnc4ccc(C#CC5CCCNC5)cc34)cc2Cl)cn1. The first kappa shape index (κ1) is 22.1. The van der Waals surface area contributed by atoms with Crippen LogP contribution in [0, 0.1) is 24.7 Å². The number of benzene rings is 2. The molecule has 0 radical (unpaired) electrons. The molecule has 1 saturated heterocycles. The van der Waals surface area contributed by atoms with Gasteiger partial charge in [-0.05, 0) is 74.8 Å². The molecule has 5 rings (SSSR count). The van der Waals surface area contributed by atoms with Gasteiger partial charge in [-0.2, -0.15) is 0 Å². The summed E-state index contributed by atoms with van der Waals surface area (Å²) in [6, 6.07) is 15.3. The van der Waals surface area contributed by atoms with Crippen LogP contribution >= 0.6 is 11.6 Å². The molecule has 2 aromatic carbocycles. The summed E-state index contributed by atoms with van der Waals surface area (Å²) >= 11 is 6.49. The molecular weight excluding hydrogens is 446 g/mol. The molecule has 1 aliphatic rings. The number of piperidine rings is 1. The van der Waals surface area contributed by atoms with E-state index < -0.39 is 0 Å². The predicted molar refractivity (Wildman–Crippen MR) is 136 cm³/mol. The Morgan fingerprint density at radius 3 is 2.82 bits per heavy atom. The lowest BCUT2D eigenvalue weighted by Crippen LogP contribution is -2.28. The number of pyridine rings is 1. The van der Waals surface area contributed by atoms with Gasteiger partial charge >= 0.3 is 0 Å². The van der Waals surface area contributed by atoms with Gasteiger partial charge < -0.3 is 15.4 Å². The zero-order valence-electron chi connectivity index (χ0n) is 18.8. The van der Waals surface area contributed by atoms with Crippen LogP contribution in [0.4, 0.5) is 11.5 Å². The van der Waals surface area contributed by atoms with Crippen LogP contribution in [0.3, 0.4) is 0 Å². The maximum absolute atomic E-state index is 6.49. The number of ether oxygens (including phenoxy) is 1. The molecule has 34 heavy (non-hydrogen) atoms. The quantitative estimate of drug-likeness (QED) is 0.364. The zero-order valence-corrected chi connectivity index (χ0v) is 19.6. The maximum atomic E-state index is 6.49. The highest BCUT2D eigenvalue weighted by molar-refractivity contribution is 6.32. The summed E-state index contributed by atoms with van der Waals surface area (Å²) in [6.07, 6.45) is 5.54. The average Bonchev–Trinajstić information content (AvgIpc) is 2.86. The van der Waals surface area contributed by atoms with E-state index in [2.05, 4.69) is 37.4 Å². The highest BCUT2D eigenvalue weighted by Gasteiger charge is 2.11. The van der Waals surface area contributed by atoms with E-state index in [1.807, 2.05) is 55.5 Å². The minimum Gasteiger partial charge on any atom is -0.454 e. The van der Waals surface area contributed by atoms with Gasteiger partial charge in [0.15, 0.2) is 0 Å². The van der Waals surface area contributed by atoms with Gasteiger partial charge in [0.1, 0.15) is 23.6 Å². The lowest BCUT2D eigenvalue weighted by Gasteiger charge is -2.17. The maximum Gasteiger partial charge on any atom is 0.146 e. The van der Waals surface area contributed by atoms with Crippen LogP contribution in [0.25, 0.3) is 10.9 Å². The fourth-order valence-electron chi connectivity index (χ4n) is 3.83. The van der Waals surface area contributed by atoms with E-state index in [-0.39, 0.29) is 0 Å². The minimum absolute atomic E-state index is 0.396. The van der Waals surface area contributed by atoms with E-state index in [9.17, 15) is 0 Å². The van der Waals surface area contributed by atoms with Crippen LogP contribution in [-0.4, -0.2) is 28.0 Å². The van der Waals surface area contributed by atoms with Gasteiger partial charge in [-0.3, -0.25) is 4.98 Å². The normalized spacial score (nSPS) is 15.4. The van der Waals surface area contributed by atoms with Gasteiger partial charge in [-0.15, -0.1) is 0 Å². The lowest BCUT2D eigenvalue weighted by atomic mass is 10.00. The number of nitrogens with one attached hydrogen (secondary N) is 2. The summed E-state index contributed by atoms with van der Waals surface area (Å²) in [5.41, 5.74) is 3.52. The highest BCUT2D eigenvalue weighted by Crippen LogP contribution is 2.33. The molecule has 0 bridgehead atoms. The molecule has 4 aromatic rings. The summed E-state index contributed by atoms with van der Waals surface area (Å²) < 4.78 is 5.86. The van der Waals surface area contributed by atoms with Crippen LogP contribution in [-0.2, 0) is 0 Å². The van der Waals surface area contributed by atoms with E-state index in [0.717, 1.165) is 47.4 Å². The van der Waals surface area contributed by atoms with Gasteiger partial charge in [0.2, 0.25) is 0 Å². The number of fused-ring (bicyclic) bond motifs is 1. The zero-order chi connectivity index (χ0) is 23.3. The van der Waals surface area contributed by atoms with Crippen molar-refractivity contribution in [3.63, 3.8) is 0 Å². The molecule has 7 heteroatoms. The molecule has 1 unspecified atom stereocenters. The number of hydrogen-bond donors (Lipinski definition) is 2. The standard InChI is InChI=1S/C27H24ClN5O/c1-18-4-9-22(16-30-18)34-26-11-8-21(14-24(26)28)33-27-23-13-19(7-10-25(23)31-17-32-27)5-6-20-3-2-12-29-15-20/h4,7-11,13-14,16-17,20,29H,2-3,12,15H2,1H3,(H,31,32,33). The van der Waals surface area contributed by atoms with Gasteiger partial charge in [0.05, 0.1) is 16.7 Å². The first-order valence-electron chi connectivity index (χ1n) is 11.3. The first-order chi connectivity index (χ1) is 16.6. The van der Waals surface area contributed by atoms with E-state index in [0.29, 0.717) is 28.3 Å². The number of aromatic nitrogens is 3. The second-order valence-corrected chi connectivity index (χ2v) is 8.68. The van der Waals surface area contributed by atoms with Crippen molar-refractivity contribution < 1.29 is 4.74 Å². The largest absolute Gasteiger partial charge is 0.454 e. The van der Waals surface area contributed by atoms with Gasteiger partial charge in [-0.1, -0.05) is 23.4 Å². The second kappa shape index (κ2) is 10.1. The molecule has 1 aliphatic heterocycles. The Hall–Kier alpha value is -3.66. The Bertz CT molecular complexity index is 1370. The van der Waals surface area contributed by atoms with Crippen molar-refractivity contribution in [2.24, 2.45) is 5.92 Å². The van der Waals surface area contributed by atoms with Crippen LogP contribution in [0.15, 0.2) is 61.1 Å². The third-order valence-electron chi connectivity index (χ3n) is 5.66. The first-order valence-corrected chi connectivity index (χ1v) is 11.7. The van der Waals surface area contributed by atoms with Crippen LogP contribution in [0.1, 0.15) is 24.1 Å². The minimum atomic E-state index is 0.396. The van der Waals surface area contributed by atoms with E-state index in [4.69, 9.17) is 16.3 Å². The fourth-order valence-corrected chi connectivity index (χ4v) is 4.05. The van der Waals surface area contributed by atoms with Gasteiger partial charge in [0, 0.05) is 34.8 Å². The van der Waals surface area contributed by atoms with Crippen molar-refractivity contribution >= 4 is 34.0 Å². The molecule has 0 aliphatic carbocycles. The third-order valence-corrected chi connectivity index (χ3v) is 5.95. The number of hydrogen-bond acceptors (Lipinski definition) is 6. The summed E-state index contributed by atoms with van der Waals surface area (Å²) in [5, 5.41) is 8.15. The Morgan fingerprint density at radius 1 is 1.09 bits per heavy atom. The summed E-state index contributed by atoms with van der Waals surface area (Å²) in [4.78, 5) is 13.1. The van der Waals surface area contributed by atoms with Crippen LogP contribution in [0.2, 0.25) is 5.02 Å². The summed E-state index contributed by atoms with van der Waals surface area (Å²) in [6.45, 7) is 3.97. The van der Waals surface area contributed by atoms with Crippen molar-refractivity contribution in [2.75, 3.05) is 18.4 Å². The molecule has 170 valence electrons. The average molecular weight is 470 g/mol. The molecule has 2 aromatic heterocycles. The Kier molecular flexibility index (Phi) is 6.57. The molecule has 6 nitrogen and oxygen atoms in total. The van der Waals surface area contributed by atoms with Crippen molar-refractivity contribution in [2.45, 2.75) is 19.8 Å². The van der Waals surface area contributed by atoms with Crippen LogP contribution < -0.4 is 15.4 Å². The molecule has 1 atom stereocenters. The molecule has 0 saturated carbocycles. The number of rotatable bonds is 4.